The van der Waals surface area contributed by atoms with E-state index in [2.05, 4.69) is 39.7 Å². The maximum atomic E-state index is 12.7. The monoisotopic (exact) mass is 497 g/mol. The smallest absolute Gasteiger partial charge is 0.277 e. The molecule has 5 rings (SSSR count). The summed E-state index contributed by atoms with van der Waals surface area (Å²) in [5.74, 6) is 1.37. The third kappa shape index (κ3) is 6.34. The summed E-state index contributed by atoms with van der Waals surface area (Å²) in [6.07, 6.45) is 4.04. The average Bonchev–Trinajstić information content (AvgIpc) is 3.40. The Morgan fingerprint density at radius 1 is 0.973 bits per heavy atom. The first-order valence-electron chi connectivity index (χ1n) is 12.5. The number of nitrogens with zero attached hydrogens (tertiary/aromatic N) is 4. The SMILES string of the molecule is COc1cccc(Cn2cc(C(=O)Nc3ccc(-c4ccc(OC5CCN(C)CC5)cc4)cc3)nn2)c1. The molecule has 190 valence electrons. The van der Waals surface area contributed by atoms with E-state index >= 15 is 0 Å². The fourth-order valence-electron chi connectivity index (χ4n) is 4.40. The number of nitrogens with one attached hydrogen (secondary N) is 1. The molecule has 0 spiro atoms. The first-order valence-corrected chi connectivity index (χ1v) is 12.5. The van der Waals surface area contributed by atoms with Gasteiger partial charge < -0.3 is 19.7 Å². The van der Waals surface area contributed by atoms with Crippen molar-refractivity contribution in [3.63, 3.8) is 0 Å². The van der Waals surface area contributed by atoms with Gasteiger partial charge in [-0.25, -0.2) is 4.68 Å². The van der Waals surface area contributed by atoms with Crippen LogP contribution >= 0.6 is 0 Å². The van der Waals surface area contributed by atoms with Crippen molar-refractivity contribution in [2.24, 2.45) is 0 Å². The van der Waals surface area contributed by atoms with Crippen LogP contribution in [0, 0.1) is 0 Å². The lowest BCUT2D eigenvalue weighted by atomic mass is 10.0. The van der Waals surface area contributed by atoms with E-state index in [1.807, 2.05) is 60.7 Å². The van der Waals surface area contributed by atoms with Crippen molar-refractivity contribution in [1.29, 1.82) is 0 Å². The molecule has 1 amide bonds. The van der Waals surface area contributed by atoms with Gasteiger partial charge in [-0.15, -0.1) is 5.10 Å². The lowest BCUT2D eigenvalue weighted by molar-refractivity contribution is 0.102. The highest BCUT2D eigenvalue weighted by atomic mass is 16.5. The highest BCUT2D eigenvalue weighted by Crippen LogP contribution is 2.26. The number of benzene rings is 3. The standard InChI is InChI=1S/C29H31N5O3/c1-33-16-14-26(15-17-33)37-25-12-8-23(9-13-25)22-6-10-24(11-7-22)30-29(35)28-20-34(32-31-28)19-21-4-3-5-27(18-21)36-2/h3-13,18,20,26H,14-17,19H2,1-2H3,(H,30,35). The second kappa shape index (κ2) is 11.3. The van der Waals surface area contributed by atoms with Crippen LogP contribution < -0.4 is 14.8 Å². The van der Waals surface area contributed by atoms with Crippen LogP contribution in [-0.2, 0) is 6.54 Å². The molecule has 0 aliphatic carbocycles. The number of ether oxygens (including phenoxy) is 2. The van der Waals surface area contributed by atoms with Gasteiger partial charge in [-0.2, -0.15) is 0 Å². The van der Waals surface area contributed by atoms with Gasteiger partial charge in [0.1, 0.15) is 17.6 Å². The first-order chi connectivity index (χ1) is 18.1. The molecule has 1 aliphatic rings. The van der Waals surface area contributed by atoms with Crippen molar-refractivity contribution in [2.75, 3.05) is 32.6 Å². The van der Waals surface area contributed by atoms with Crippen LogP contribution in [-0.4, -0.2) is 59.2 Å². The van der Waals surface area contributed by atoms with Gasteiger partial charge in [-0.3, -0.25) is 4.79 Å². The second-order valence-electron chi connectivity index (χ2n) is 9.33. The fraction of sp³-hybridized carbons (Fsp3) is 0.276. The van der Waals surface area contributed by atoms with Gasteiger partial charge in [-0.05, 0) is 73.0 Å². The fourth-order valence-corrected chi connectivity index (χ4v) is 4.40. The lowest BCUT2D eigenvalue weighted by Gasteiger charge is -2.29. The summed E-state index contributed by atoms with van der Waals surface area (Å²) in [7, 11) is 3.78. The molecule has 0 radical (unpaired) electrons. The minimum atomic E-state index is -0.306. The molecule has 1 saturated heterocycles. The summed E-state index contributed by atoms with van der Waals surface area (Å²) in [6.45, 7) is 2.65. The Labute approximate surface area is 216 Å². The molecule has 0 bridgehead atoms. The third-order valence-electron chi connectivity index (χ3n) is 6.55. The van der Waals surface area contributed by atoms with E-state index in [9.17, 15) is 4.79 Å². The summed E-state index contributed by atoms with van der Waals surface area (Å²) in [4.78, 5) is 15.0. The number of likely N-dealkylation sites (tertiary alicyclic amines) is 1. The molecule has 3 aromatic carbocycles. The summed E-state index contributed by atoms with van der Waals surface area (Å²) in [5.41, 5.74) is 4.11. The van der Waals surface area contributed by atoms with E-state index in [4.69, 9.17) is 9.47 Å². The molecule has 8 nitrogen and oxygen atoms in total. The number of aromatic nitrogens is 3. The Morgan fingerprint density at radius 3 is 2.38 bits per heavy atom. The van der Waals surface area contributed by atoms with Crippen LogP contribution in [0.4, 0.5) is 5.69 Å². The van der Waals surface area contributed by atoms with E-state index in [0.29, 0.717) is 12.2 Å². The van der Waals surface area contributed by atoms with Crippen molar-refractivity contribution in [3.8, 4) is 22.6 Å². The topological polar surface area (TPSA) is 81.5 Å². The summed E-state index contributed by atoms with van der Waals surface area (Å²) >= 11 is 0. The normalized spacial score (nSPS) is 14.3. The number of carbonyl (C=O) groups is 1. The zero-order chi connectivity index (χ0) is 25.6. The first kappa shape index (κ1) is 24.5. The van der Waals surface area contributed by atoms with Gasteiger partial charge in [0.2, 0.25) is 0 Å². The molecular weight excluding hydrogens is 466 g/mol. The van der Waals surface area contributed by atoms with Crippen LogP contribution in [0.5, 0.6) is 11.5 Å². The average molecular weight is 498 g/mol. The summed E-state index contributed by atoms with van der Waals surface area (Å²) in [5, 5.41) is 11.0. The summed E-state index contributed by atoms with van der Waals surface area (Å²) < 4.78 is 13.0. The Hall–Kier alpha value is -4.17. The number of rotatable bonds is 8. The van der Waals surface area contributed by atoms with Crippen LogP contribution in [0.15, 0.2) is 79.0 Å². The molecule has 1 aromatic heterocycles. The molecule has 37 heavy (non-hydrogen) atoms. The number of hydrogen-bond acceptors (Lipinski definition) is 6. The zero-order valence-corrected chi connectivity index (χ0v) is 21.1. The Bertz CT molecular complexity index is 1330. The van der Waals surface area contributed by atoms with Gasteiger partial charge in [0.05, 0.1) is 19.9 Å². The maximum absolute atomic E-state index is 12.7. The second-order valence-corrected chi connectivity index (χ2v) is 9.33. The lowest BCUT2D eigenvalue weighted by Crippen LogP contribution is -2.35. The van der Waals surface area contributed by atoms with Crippen molar-refractivity contribution < 1.29 is 14.3 Å². The van der Waals surface area contributed by atoms with Crippen LogP contribution in [0.25, 0.3) is 11.1 Å². The van der Waals surface area contributed by atoms with Crippen LogP contribution in [0.3, 0.4) is 0 Å². The third-order valence-corrected chi connectivity index (χ3v) is 6.55. The van der Waals surface area contributed by atoms with Crippen LogP contribution in [0.2, 0.25) is 0 Å². The number of hydrogen-bond donors (Lipinski definition) is 1. The Kier molecular flexibility index (Phi) is 7.46. The largest absolute Gasteiger partial charge is 0.497 e. The molecule has 8 heteroatoms. The highest BCUT2D eigenvalue weighted by Gasteiger charge is 2.18. The van der Waals surface area contributed by atoms with Crippen molar-refractivity contribution in [1.82, 2.24) is 19.9 Å². The van der Waals surface area contributed by atoms with Gasteiger partial charge >= 0.3 is 0 Å². The number of amides is 1. The van der Waals surface area contributed by atoms with E-state index < -0.39 is 0 Å². The molecule has 0 atom stereocenters. The number of piperidine rings is 1. The van der Waals surface area contributed by atoms with E-state index in [-0.39, 0.29) is 17.7 Å². The van der Waals surface area contributed by atoms with E-state index in [1.54, 1.807) is 18.0 Å². The number of carbonyl (C=O) groups excluding carboxylic acids is 1. The molecule has 1 fully saturated rings. The van der Waals surface area contributed by atoms with Gasteiger partial charge in [-0.1, -0.05) is 41.6 Å². The molecule has 4 aromatic rings. The number of anilines is 1. The highest BCUT2D eigenvalue weighted by molar-refractivity contribution is 6.02. The molecule has 1 N–H and O–H groups in total. The quantitative estimate of drug-likeness (QED) is 0.379. The van der Waals surface area contributed by atoms with Gasteiger partial charge in [0.25, 0.3) is 5.91 Å². The predicted molar refractivity (Wildman–Crippen MR) is 143 cm³/mol. The molecule has 1 aliphatic heterocycles. The Morgan fingerprint density at radius 2 is 1.68 bits per heavy atom. The molecule has 0 unspecified atom stereocenters. The van der Waals surface area contributed by atoms with E-state index in [1.165, 1.54) is 0 Å². The van der Waals surface area contributed by atoms with E-state index in [0.717, 1.165) is 54.1 Å². The number of methoxy groups -OCH3 is 1. The Balaban J connectivity index is 1.16. The van der Waals surface area contributed by atoms with Crippen molar-refractivity contribution >= 4 is 11.6 Å². The summed E-state index contributed by atoms with van der Waals surface area (Å²) in [6, 6.07) is 23.6. The van der Waals surface area contributed by atoms with Gasteiger partial charge in [0.15, 0.2) is 5.69 Å². The minimum Gasteiger partial charge on any atom is -0.497 e. The molecule has 0 saturated carbocycles. The van der Waals surface area contributed by atoms with Crippen molar-refractivity contribution in [3.05, 3.63) is 90.3 Å². The predicted octanol–water partition coefficient (Wildman–Crippen LogP) is 4.73. The van der Waals surface area contributed by atoms with Gasteiger partial charge in [0, 0.05) is 18.8 Å². The van der Waals surface area contributed by atoms with Crippen molar-refractivity contribution in [2.45, 2.75) is 25.5 Å². The molecule has 2 heterocycles. The minimum absolute atomic E-state index is 0.257. The van der Waals surface area contributed by atoms with Crippen LogP contribution in [0.1, 0.15) is 28.9 Å². The molecular formula is C29H31N5O3. The maximum Gasteiger partial charge on any atom is 0.277 e. The zero-order valence-electron chi connectivity index (χ0n) is 21.1.